The first-order valence-corrected chi connectivity index (χ1v) is 6.64. The molecule has 0 aliphatic rings. The zero-order chi connectivity index (χ0) is 12.0. The number of hydrogen-bond acceptors (Lipinski definition) is 3. The van der Waals surface area contributed by atoms with Gasteiger partial charge >= 0.3 is 0 Å². The van der Waals surface area contributed by atoms with Crippen molar-refractivity contribution >= 4 is 15.7 Å². The van der Waals surface area contributed by atoms with Gasteiger partial charge in [0.25, 0.3) is 5.91 Å². The minimum absolute atomic E-state index is 0.195. The maximum Gasteiger partial charge on any atom is 0.251 e. The third-order valence-electron chi connectivity index (χ3n) is 1.76. The van der Waals surface area contributed by atoms with Crippen molar-refractivity contribution in [1.82, 2.24) is 5.32 Å². The number of hydrogen-bond donors (Lipinski definition) is 1. The quantitative estimate of drug-likeness (QED) is 0.851. The van der Waals surface area contributed by atoms with Crippen LogP contribution in [0, 0.1) is 0 Å². The van der Waals surface area contributed by atoms with Crippen LogP contribution < -0.4 is 5.32 Å². The summed E-state index contributed by atoms with van der Waals surface area (Å²) in [5, 5.41) is 3.65. The Morgan fingerprint density at radius 2 is 1.94 bits per heavy atom. The van der Waals surface area contributed by atoms with Crippen molar-refractivity contribution in [2.45, 2.75) is 0 Å². The number of rotatable bonds is 4. The van der Waals surface area contributed by atoms with Gasteiger partial charge in [0, 0.05) is 23.8 Å². The lowest BCUT2D eigenvalue weighted by molar-refractivity contribution is 0.0958. The molecule has 5 heteroatoms. The van der Waals surface area contributed by atoms with Crippen LogP contribution in [0.3, 0.4) is 0 Å². The molecule has 0 saturated carbocycles. The fourth-order valence-corrected chi connectivity index (χ4v) is 1.51. The van der Waals surface area contributed by atoms with Crippen LogP contribution in [0.1, 0.15) is 10.4 Å². The highest BCUT2D eigenvalue weighted by atomic mass is 32.2. The summed E-state index contributed by atoms with van der Waals surface area (Å²) in [6, 6.07) is 8.73. The van der Waals surface area contributed by atoms with Crippen LogP contribution in [0.4, 0.5) is 0 Å². The normalized spacial score (nSPS) is 11.6. The van der Waals surface area contributed by atoms with Gasteiger partial charge in [-0.15, -0.1) is 0 Å². The minimum Gasteiger partial charge on any atom is -0.349 e. The number of nitrogens with one attached hydrogen (secondary N) is 1. The summed E-state index contributed by atoms with van der Waals surface area (Å²) in [6.07, 6.45) is 2.50. The van der Waals surface area contributed by atoms with Crippen LogP contribution in [0.2, 0.25) is 0 Å². The summed E-state index contributed by atoms with van der Waals surface area (Å²) in [5.74, 6) is -0.223. The van der Waals surface area contributed by atoms with Crippen LogP contribution in [-0.2, 0) is 9.84 Å². The van der Waals surface area contributed by atoms with Crippen LogP contribution in [0.5, 0.6) is 0 Å². The van der Waals surface area contributed by atoms with Gasteiger partial charge in [0.1, 0.15) is 0 Å². The molecule has 1 N–H and O–H groups in total. The number of amides is 1. The molecule has 0 heterocycles. The van der Waals surface area contributed by atoms with Gasteiger partial charge in [-0.05, 0) is 12.1 Å². The van der Waals surface area contributed by atoms with Crippen molar-refractivity contribution in [2.75, 3.05) is 12.8 Å². The molecular weight excluding hydrogens is 226 g/mol. The zero-order valence-electron chi connectivity index (χ0n) is 8.88. The van der Waals surface area contributed by atoms with Gasteiger partial charge in [-0.2, -0.15) is 0 Å². The molecule has 1 amide bonds. The molecular formula is C11H13NO3S. The Morgan fingerprint density at radius 1 is 1.31 bits per heavy atom. The highest BCUT2D eigenvalue weighted by molar-refractivity contribution is 7.93. The second kappa shape index (κ2) is 5.46. The Morgan fingerprint density at radius 3 is 2.50 bits per heavy atom. The summed E-state index contributed by atoms with van der Waals surface area (Å²) < 4.78 is 21.5. The van der Waals surface area contributed by atoms with Gasteiger partial charge in [-0.1, -0.05) is 24.3 Å². The second-order valence-corrected chi connectivity index (χ2v) is 5.21. The van der Waals surface area contributed by atoms with Gasteiger partial charge in [-0.3, -0.25) is 4.79 Å². The van der Waals surface area contributed by atoms with E-state index >= 15 is 0 Å². The summed E-state index contributed by atoms with van der Waals surface area (Å²) in [7, 11) is -3.12. The predicted octanol–water partition coefficient (Wildman–Crippen LogP) is 0.975. The maximum atomic E-state index is 11.5. The molecule has 1 aromatic rings. The molecule has 0 fully saturated rings. The summed E-state index contributed by atoms with van der Waals surface area (Å²) in [4.78, 5) is 11.5. The number of benzene rings is 1. The van der Waals surface area contributed by atoms with Crippen molar-refractivity contribution in [3.8, 4) is 0 Å². The molecule has 1 rings (SSSR count). The Balaban J connectivity index is 2.46. The lowest BCUT2D eigenvalue weighted by Crippen LogP contribution is -2.23. The molecule has 0 aliphatic carbocycles. The Kier molecular flexibility index (Phi) is 4.25. The topological polar surface area (TPSA) is 63.2 Å². The van der Waals surface area contributed by atoms with E-state index in [0.29, 0.717) is 5.56 Å². The van der Waals surface area contributed by atoms with E-state index in [1.165, 1.54) is 6.08 Å². The highest BCUT2D eigenvalue weighted by Crippen LogP contribution is 1.97. The Bertz CT molecular complexity index is 477. The SMILES string of the molecule is CS(=O)(=O)/C=C/CNC(=O)c1ccccc1. The smallest absolute Gasteiger partial charge is 0.251 e. The molecule has 0 bridgehead atoms. The molecule has 0 aliphatic heterocycles. The molecule has 4 nitrogen and oxygen atoms in total. The van der Waals surface area contributed by atoms with Crippen molar-refractivity contribution in [3.63, 3.8) is 0 Å². The first-order chi connectivity index (χ1) is 7.49. The Hall–Kier alpha value is -1.62. The van der Waals surface area contributed by atoms with E-state index in [9.17, 15) is 13.2 Å². The molecule has 1 aromatic carbocycles. The summed E-state index contributed by atoms with van der Waals surface area (Å²) in [5.41, 5.74) is 0.551. The molecule has 0 radical (unpaired) electrons. The minimum atomic E-state index is -3.12. The van der Waals surface area contributed by atoms with Gasteiger partial charge in [-0.25, -0.2) is 8.42 Å². The third kappa shape index (κ3) is 4.75. The van der Waals surface area contributed by atoms with E-state index in [1.807, 2.05) is 6.07 Å². The summed E-state index contributed by atoms with van der Waals surface area (Å²) in [6.45, 7) is 0.195. The van der Waals surface area contributed by atoms with Gasteiger partial charge in [0.2, 0.25) is 0 Å². The van der Waals surface area contributed by atoms with Gasteiger partial charge < -0.3 is 5.32 Å². The lowest BCUT2D eigenvalue weighted by atomic mass is 10.2. The van der Waals surface area contributed by atoms with E-state index in [1.54, 1.807) is 24.3 Å². The van der Waals surface area contributed by atoms with Crippen molar-refractivity contribution in [3.05, 3.63) is 47.4 Å². The fraction of sp³-hybridized carbons (Fsp3) is 0.182. The van der Waals surface area contributed by atoms with Crippen LogP contribution in [0.25, 0.3) is 0 Å². The lowest BCUT2D eigenvalue weighted by Gasteiger charge is -2.01. The van der Waals surface area contributed by atoms with Crippen LogP contribution >= 0.6 is 0 Å². The largest absolute Gasteiger partial charge is 0.349 e. The third-order valence-corrected chi connectivity index (χ3v) is 2.45. The molecule has 0 unspecified atom stereocenters. The monoisotopic (exact) mass is 239 g/mol. The second-order valence-electron chi connectivity index (χ2n) is 3.28. The standard InChI is InChI=1S/C11H13NO3S/c1-16(14,15)9-5-8-12-11(13)10-6-3-2-4-7-10/h2-7,9H,8H2,1H3,(H,12,13)/b9-5+. The maximum absolute atomic E-state index is 11.5. The molecule has 0 aromatic heterocycles. The van der Waals surface area contributed by atoms with Crippen LogP contribution in [-0.4, -0.2) is 27.1 Å². The average molecular weight is 239 g/mol. The number of carbonyl (C=O) groups excluding carboxylic acids is 1. The Labute approximate surface area is 94.9 Å². The first-order valence-electron chi connectivity index (χ1n) is 4.69. The van der Waals surface area contributed by atoms with Crippen molar-refractivity contribution in [2.24, 2.45) is 0 Å². The van der Waals surface area contributed by atoms with Crippen molar-refractivity contribution < 1.29 is 13.2 Å². The van der Waals surface area contributed by atoms with E-state index in [4.69, 9.17) is 0 Å². The molecule has 0 spiro atoms. The van der Waals surface area contributed by atoms with E-state index in [-0.39, 0.29) is 12.5 Å². The van der Waals surface area contributed by atoms with Gasteiger partial charge in [0.15, 0.2) is 9.84 Å². The molecule has 0 saturated heterocycles. The van der Waals surface area contributed by atoms with Crippen molar-refractivity contribution in [1.29, 1.82) is 0 Å². The summed E-state index contributed by atoms with van der Waals surface area (Å²) >= 11 is 0. The highest BCUT2D eigenvalue weighted by Gasteiger charge is 2.01. The van der Waals surface area contributed by atoms with E-state index in [2.05, 4.69) is 5.32 Å². The first kappa shape index (κ1) is 12.4. The van der Waals surface area contributed by atoms with E-state index in [0.717, 1.165) is 11.7 Å². The van der Waals surface area contributed by atoms with E-state index < -0.39 is 9.84 Å². The molecule has 0 atom stereocenters. The van der Waals surface area contributed by atoms with Crippen LogP contribution in [0.15, 0.2) is 41.8 Å². The zero-order valence-corrected chi connectivity index (χ0v) is 9.70. The van der Waals surface area contributed by atoms with Gasteiger partial charge in [0.05, 0.1) is 0 Å². The fourth-order valence-electron chi connectivity index (χ4n) is 1.07. The molecule has 16 heavy (non-hydrogen) atoms. The average Bonchev–Trinajstić information content (AvgIpc) is 2.24. The number of sulfone groups is 1. The predicted molar refractivity (Wildman–Crippen MR) is 62.8 cm³/mol. The molecule has 86 valence electrons. The number of carbonyl (C=O) groups is 1.